The number of ether oxygens (including phenoxy) is 1. The standard InChI is InChI=1S/C15H11BrO5/c16-14-11(20)5-9(18)13-10(19)6-12(21-15(13)14)7-1-3-8(17)4-2-7/h1-5,12,17-18,20H,6H2. The molecule has 1 aliphatic heterocycles. The number of hydrogen-bond donors (Lipinski definition) is 3. The lowest BCUT2D eigenvalue weighted by atomic mass is 9.95. The highest BCUT2D eigenvalue weighted by Gasteiger charge is 2.33. The molecular weight excluding hydrogens is 340 g/mol. The van der Waals surface area contributed by atoms with Crippen molar-refractivity contribution < 1.29 is 24.9 Å². The molecule has 3 N–H and O–H groups in total. The molecule has 1 atom stereocenters. The van der Waals surface area contributed by atoms with Gasteiger partial charge in [0.2, 0.25) is 0 Å². The maximum atomic E-state index is 12.2. The predicted octanol–water partition coefficient (Wildman–Crippen LogP) is 3.27. The van der Waals surface area contributed by atoms with Crippen LogP contribution in [0.5, 0.6) is 23.0 Å². The van der Waals surface area contributed by atoms with Crippen LogP contribution in [0, 0.1) is 0 Å². The number of ketones is 1. The number of rotatable bonds is 1. The van der Waals surface area contributed by atoms with Crippen molar-refractivity contribution in [3.8, 4) is 23.0 Å². The first-order chi connectivity index (χ1) is 9.97. The summed E-state index contributed by atoms with van der Waals surface area (Å²) >= 11 is 3.16. The molecule has 0 radical (unpaired) electrons. The van der Waals surface area contributed by atoms with Crippen molar-refractivity contribution in [3.05, 3.63) is 45.9 Å². The minimum Gasteiger partial charge on any atom is -0.508 e. The van der Waals surface area contributed by atoms with Gasteiger partial charge in [-0.05, 0) is 33.6 Å². The quantitative estimate of drug-likeness (QED) is 0.734. The fourth-order valence-corrected chi connectivity index (χ4v) is 2.72. The van der Waals surface area contributed by atoms with Crippen molar-refractivity contribution in [3.63, 3.8) is 0 Å². The lowest BCUT2D eigenvalue weighted by Crippen LogP contribution is -2.20. The Bertz CT molecular complexity index is 724. The second-order valence-corrected chi connectivity index (χ2v) is 5.55. The van der Waals surface area contributed by atoms with E-state index in [9.17, 15) is 20.1 Å². The van der Waals surface area contributed by atoms with Gasteiger partial charge in [0.05, 0.1) is 6.42 Å². The highest BCUT2D eigenvalue weighted by molar-refractivity contribution is 9.10. The molecule has 3 rings (SSSR count). The molecule has 5 nitrogen and oxygen atoms in total. The molecule has 0 spiro atoms. The van der Waals surface area contributed by atoms with E-state index in [0.29, 0.717) is 0 Å². The van der Waals surface area contributed by atoms with Crippen LogP contribution in [-0.4, -0.2) is 21.1 Å². The van der Waals surface area contributed by atoms with Crippen molar-refractivity contribution in [2.75, 3.05) is 0 Å². The minimum absolute atomic E-state index is 0.0645. The summed E-state index contributed by atoms with van der Waals surface area (Å²) in [5.74, 6) is -0.530. The molecule has 6 heteroatoms. The SMILES string of the molecule is O=C1CC(c2ccc(O)cc2)Oc2c(Br)c(O)cc(O)c21. The molecule has 21 heavy (non-hydrogen) atoms. The van der Waals surface area contributed by atoms with Gasteiger partial charge in [0.25, 0.3) is 0 Å². The first-order valence-corrected chi connectivity index (χ1v) is 7.00. The molecule has 0 aliphatic carbocycles. The van der Waals surface area contributed by atoms with Gasteiger partial charge in [-0.25, -0.2) is 0 Å². The molecule has 2 aromatic rings. The van der Waals surface area contributed by atoms with Crippen molar-refractivity contribution in [2.24, 2.45) is 0 Å². The number of benzene rings is 2. The summed E-state index contributed by atoms with van der Waals surface area (Å²) in [6, 6.07) is 7.44. The number of hydrogen-bond acceptors (Lipinski definition) is 5. The summed E-state index contributed by atoms with van der Waals surface area (Å²) in [7, 11) is 0. The maximum absolute atomic E-state index is 12.2. The van der Waals surface area contributed by atoms with Crippen molar-refractivity contribution in [1.82, 2.24) is 0 Å². The monoisotopic (exact) mass is 350 g/mol. The molecular formula is C15H11BrO5. The van der Waals surface area contributed by atoms with Crippen LogP contribution in [0.2, 0.25) is 0 Å². The Hall–Kier alpha value is -2.21. The van der Waals surface area contributed by atoms with E-state index >= 15 is 0 Å². The lowest BCUT2D eigenvalue weighted by molar-refractivity contribution is 0.0843. The number of fused-ring (bicyclic) bond motifs is 1. The van der Waals surface area contributed by atoms with E-state index in [0.717, 1.165) is 11.6 Å². The molecule has 0 saturated heterocycles. The van der Waals surface area contributed by atoms with E-state index in [2.05, 4.69) is 15.9 Å². The van der Waals surface area contributed by atoms with E-state index in [1.807, 2.05) is 0 Å². The second-order valence-electron chi connectivity index (χ2n) is 4.76. The fraction of sp³-hybridized carbons (Fsp3) is 0.133. The maximum Gasteiger partial charge on any atom is 0.174 e. The summed E-state index contributed by atoms with van der Waals surface area (Å²) < 4.78 is 5.98. The predicted molar refractivity (Wildman–Crippen MR) is 77.9 cm³/mol. The van der Waals surface area contributed by atoms with Crippen LogP contribution in [0.3, 0.4) is 0 Å². The molecule has 1 heterocycles. The number of Topliss-reactive ketones (excluding diaryl/α,β-unsaturated/α-hetero) is 1. The molecule has 0 aromatic heterocycles. The average molecular weight is 351 g/mol. The van der Waals surface area contributed by atoms with E-state index < -0.39 is 6.10 Å². The highest BCUT2D eigenvalue weighted by Crippen LogP contribution is 2.47. The van der Waals surface area contributed by atoms with Gasteiger partial charge >= 0.3 is 0 Å². The van der Waals surface area contributed by atoms with Crippen LogP contribution in [0.4, 0.5) is 0 Å². The van der Waals surface area contributed by atoms with E-state index in [1.54, 1.807) is 12.1 Å². The number of carbonyl (C=O) groups is 1. The Balaban J connectivity index is 2.06. The third kappa shape index (κ3) is 2.31. The number of carbonyl (C=O) groups excluding carboxylic acids is 1. The van der Waals surface area contributed by atoms with Gasteiger partial charge in [-0.15, -0.1) is 0 Å². The van der Waals surface area contributed by atoms with Gasteiger partial charge in [0.15, 0.2) is 11.5 Å². The van der Waals surface area contributed by atoms with Crippen LogP contribution in [0.1, 0.15) is 28.4 Å². The van der Waals surface area contributed by atoms with E-state index in [4.69, 9.17) is 4.74 Å². The molecule has 1 aliphatic rings. The highest BCUT2D eigenvalue weighted by atomic mass is 79.9. The lowest BCUT2D eigenvalue weighted by Gasteiger charge is -2.27. The van der Waals surface area contributed by atoms with E-state index in [-0.39, 0.29) is 45.2 Å². The number of phenolic OH excluding ortho intramolecular Hbond substituents is 3. The zero-order valence-corrected chi connectivity index (χ0v) is 12.3. The fourth-order valence-electron chi connectivity index (χ4n) is 2.32. The largest absolute Gasteiger partial charge is 0.508 e. The van der Waals surface area contributed by atoms with Crippen molar-refractivity contribution in [1.29, 1.82) is 0 Å². The van der Waals surface area contributed by atoms with Crippen LogP contribution < -0.4 is 4.74 Å². The van der Waals surface area contributed by atoms with Crippen LogP contribution >= 0.6 is 15.9 Å². The average Bonchev–Trinajstić information content (AvgIpc) is 2.44. The minimum atomic E-state index is -0.539. The van der Waals surface area contributed by atoms with Gasteiger partial charge in [0, 0.05) is 6.07 Å². The molecule has 108 valence electrons. The second kappa shape index (κ2) is 4.96. The van der Waals surface area contributed by atoms with Gasteiger partial charge in [-0.1, -0.05) is 12.1 Å². The Labute approximate surface area is 128 Å². The van der Waals surface area contributed by atoms with Crippen molar-refractivity contribution in [2.45, 2.75) is 12.5 Å². The third-order valence-electron chi connectivity index (χ3n) is 3.36. The molecule has 0 amide bonds. The van der Waals surface area contributed by atoms with Crippen LogP contribution in [0.25, 0.3) is 0 Å². The topological polar surface area (TPSA) is 87.0 Å². The molecule has 0 bridgehead atoms. The summed E-state index contributed by atoms with van der Waals surface area (Å²) in [6.45, 7) is 0. The first kappa shape index (κ1) is 13.8. The normalized spacial score (nSPS) is 17.2. The zero-order chi connectivity index (χ0) is 15.1. The Morgan fingerprint density at radius 3 is 2.43 bits per heavy atom. The van der Waals surface area contributed by atoms with Crippen LogP contribution in [0.15, 0.2) is 34.8 Å². The Morgan fingerprint density at radius 1 is 1.10 bits per heavy atom. The summed E-state index contributed by atoms with van der Waals surface area (Å²) in [5.41, 5.74) is 0.788. The molecule has 0 fully saturated rings. The smallest absolute Gasteiger partial charge is 0.174 e. The van der Waals surface area contributed by atoms with Crippen LogP contribution in [-0.2, 0) is 0 Å². The molecule has 1 unspecified atom stereocenters. The molecule has 2 aromatic carbocycles. The number of aromatic hydroxyl groups is 3. The summed E-state index contributed by atoms with van der Waals surface area (Å²) in [5, 5.41) is 28.8. The van der Waals surface area contributed by atoms with Gasteiger partial charge < -0.3 is 20.1 Å². The number of phenols is 3. The first-order valence-electron chi connectivity index (χ1n) is 6.20. The Kier molecular flexibility index (Phi) is 3.25. The van der Waals surface area contributed by atoms with Gasteiger partial charge in [-0.3, -0.25) is 4.79 Å². The van der Waals surface area contributed by atoms with Gasteiger partial charge in [-0.2, -0.15) is 0 Å². The number of halogens is 1. The zero-order valence-electron chi connectivity index (χ0n) is 10.7. The Morgan fingerprint density at radius 2 is 1.76 bits per heavy atom. The van der Waals surface area contributed by atoms with Crippen molar-refractivity contribution >= 4 is 21.7 Å². The van der Waals surface area contributed by atoms with Gasteiger partial charge in [0.1, 0.15) is 33.4 Å². The molecule has 0 saturated carbocycles. The summed E-state index contributed by atoms with van der Waals surface area (Å²) in [4.78, 5) is 12.2. The summed E-state index contributed by atoms with van der Waals surface area (Å²) in [6.07, 6.45) is -0.467. The van der Waals surface area contributed by atoms with E-state index in [1.165, 1.54) is 12.1 Å². The third-order valence-corrected chi connectivity index (χ3v) is 4.12.